The topological polar surface area (TPSA) is 65.4 Å². The summed E-state index contributed by atoms with van der Waals surface area (Å²) in [4.78, 5) is 7.70. The summed E-state index contributed by atoms with van der Waals surface area (Å²) in [5, 5.41) is 0. The average molecular weight is 214 g/mol. The molecule has 0 amide bonds. The molecule has 0 fully saturated rings. The molecule has 0 unspecified atom stereocenters. The van der Waals surface area contributed by atoms with Gasteiger partial charge in [-0.25, -0.2) is 13.8 Å². The van der Waals surface area contributed by atoms with E-state index in [1.807, 2.05) is 0 Å². The second-order valence-corrected chi connectivity index (χ2v) is 2.83. The summed E-state index contributed by atoms with van der Waals surface area (Å²) < 4.78 is 30.2. The largest absolute Gasteiger partial charge is 0.469 e. The average Bonchev–Trinajstić information content (AvgIpc) is 2.61. The van der Waals surface area contributed by atoms with Gasteiger partial charge in [0.1, 0.15) is 5.82 Å². The van der Waals surface area contributed by atoms with Crippen molar-refractivity contribution in [2.24, 2.45) is 0 Å². The van der Waals surface area contributed by atoms with Gasteiger partial charge in [-0.1, -0.05) is 0 Å². The highest BCUT2D eigenvalue weighted by Crippen LogP contribution is 2.17. The third-order valence-corrected chi connectivity index (χ3v) is 1.71. The molecule has 7 heteroatoms. The van der Waals surface area contributed by atoms with Crippen molar-refractivity contribution in [1.82, 2.24) is 14.4 Å². The molecule has 15 heavy (non-hydrogen) atoms. The SMILES string of the molecule is Nc1cn2ccnc2c(OCC(F)F)n1. The highest BCUT2D eigenvalue weighted by molar-refractivity contribution is 5.52. The molecule has 0 aliphatic heterocycles. The van der Waals surface area contributed by atoms with Gasteiger partial charge < -0.3 is 10.5 Å². The van der Waals surface area contributed by atoms with Crippen LogP contribution < -0.4 is 10.5 Å². The van der Waals surface area contributed by atoms with Crippen molar-refractivity contribution in [1.29, 1.82) is 0 Å². The molecule has 0 saturated heterocycles. The molecule has 0 aliphatic carbocycles. The number of nitrogen functional groups attached to an aromatic ring is 1. The van der Waals surface area contributed by atoms with Gasteiger partial charge >= 0.3 is 0 Å². The van der Waals surface area contributed by atoms with Crippen molar-refractivity contribution < 1.29 is 13.5 Å². The fourth-order valence-electron chi connectivity index (χ4n) is 1.16. The lowest BCUT2D eigenvalue weighted by Gasteiger charge is -2.06. The first-order valence-electron chi connectivity index (χ1n) is 4.17. The van der Waals surface area contributed by atoms with Crippen LogP contribution in [-0.4, -0.2) is 27.4 Å². The summed E-state index contributed by atoms with van der Waals surface area (Å²) in [7, 11) is 0. The normalized spacial score (nSPS) is 11.1. The summed E-state index contributed by atoms with van der Waals surface area (Å²) in [6.45, 7) is -0.723. The molecule has 2 aromatic rings. The Morgan fingerprint density at radius 2 is 2.33 bits per heavy atom. The van der Waals surface area contributed by atoms with E-state index in [-0.39, 0.29) is 11.7 Å². The van der Waals surface area contributed by atoms with Crippen molar-refractivity contribution >= 4 is 11.5 Å². The van der Waals surface area contributed by atoms with Crippen molar-refractivity contribution in [3.05, 3.63) is 18.6 Å². The molecule has 2 N–H and O–H groups in total. The molecular weight excluding hydrogens is 206 g/mol. The van der Waals surface area contributed by atoms with Crippen molar-refractivity contribution in [3.63, 3.8) is 0 Å². The van der Waals surface area contributed by atoms with E-state index in [0.29, 0.717) is 5.65 Å². The number of rotatable bonds is 3. The Hall–Kier alpha value is -1.92. The van der Waals surface area contributed by atoms with E-state index < -0.39 is 13.0 Å². The minimum Gasteiger partial charge on any atom is -0.469 e. The van der Waals surface area contributed by atoms with E-state index in [0.717, 1.165) is 0 Å². The zero-order valence-corrected chi connectivity index (χ0v) is 7.60. The van der Waals surface area contributed by atoms with Crippen LogP contribution in [-0.2, 0) is 0 Å². The van der Waals surface area contributed by atoms with Crippen LogP contribution in [0.3, 0.4) is 0 Å². The lowest BCUT2D eigenvalue weighted by molar-refractivity contribution is 0.0802. The number of fused-ring (bicyclic) bond motifs is 1. The van der Waals surface area contributed by atoms with Gasteiger partial charge in [-0.3, -0.25) is 4.40 Å². The van der Waals surface area contributed by atoms with E-state index >= 15 is 0 Å². The number of nitrogens with zero attached hydrogens (tertiary/aromatic N) is 3. The minimum atomic E-state index is -2.55. The first-order valence-corrected chi connectivity index (χ1v) is 4.17. The summed E-state index contributed by atoms with van der Waals surface area (Å²) in [6, 6.07) is 0. The molecule has 5 nitrogen and oxygen atoms in total. The lowest BCUT2D eigenvalue weighted by atomic mass is 10.6. The highest BCUT2D eigenvalue weighted by Gasteiger charge is 2.10. The zero-order valence-electron chi connectivity index (χ0n) is 7.60. The van der Waals surface area contributed by atoms with E-state index in [2.05, 4.69) is 9.97 Å². The summed E-state index contributed by atoms with van der Waals surface area (Å²) in [6.07, 6.45) is 2.11. The number of halogens is 2. The molecular formula is C8H8F2N4O. The Morgan fingerprint density at radius 3 is 3.07 bits per heavy atom. The Labute approximate surface area is 83.5 Å². The highest BCUT2D eigenvalue weighted by atomic mass is 19.3. The third kappa shape index (κ3) is 1.95. The maximum absolute atomic E-state index is 11.9. The van der Waals surface area contributed by atoms with Crippen LogP contribution in [0.2, 0.25) is 0 Å². The molecule has 80 valence electrons. The quantitative estimate of drug-likeness (QED) is 0.826. The Kier molecular flexibility index (Phi) is 2.36. The fourth-order valence-corrected chi connectivity index (χ4v) is 1.16. The van der Waals surface area contributed by atoms with E-state index in [9.17, 15) is 8.78 Å². The van der Waals surface area contributed by atoms with Gasteiger partial charge in [0.05, 0.1) is 6.20 Å². The predicted octanol–water partition coefficient (Wildman–Crippen LogP) is 0.955. The van der Waals surface area contributed by atoms with Gasteiger partial charge in [0.25, 0.3) is 12.3 Å². The molecule has 2 rings (SSSR count). The summed E-state index contributed by atoms with van der Waals surface area (Å²) in [5.74, 6) is 0.199. The van der Waals surface area contributed by atoms with Crippen LogP contribution in [0, 0.1) is 0 Å². The van der Waals surface area contributed by atoms with Gasteiger partial charge in [-0.15, -0.1) is 0 Å². The van der Waals surface area contributed by atoms with Gasteiger partial charge in [0.15, 0.2) is 6.61 Å². The number of ether oxygens (including phenoxy) is 1. The molecule has 0 saturated carbocycles. The van der Waals surface area contributed by atoms with Gasteiger partial charge in [-0.05, 0) is 0 Å². The number of hydrogen-bond acceptors (Lipinski definition) is 4. The number of imidazole rings is 1. The maximum Gasteiger partial charge on any atom is 0.272 e. The van der Waals surface area contributed by atoms with Crippen molar-refractivity contribution in [2.75, 3.05) is 12.3 Å². The second kappa shape index (κ2) is 3.68. The first-order chi connectivity index (χ1) is 7.16. The number of nitrogens with two attached hydrogens (primary N) is 1. The van der Waals surface area contributed by atoms with E-state index in [1.54, 1.807) is 10.6 Å². The number of aromatic nitrogens is 3. The maximum atomic E-state index is 11.9. The van der Waals surface area contributed by atoms with Gasteiger partial charge in [0.2, 0.25) is 5.65 Å². The van der Waals surface area contributed by atoms with Crippen molar-refractivity contribution in [3.8, 4) is 5.88 Å². The van der Waals surface area contributed by atoms with Crippen molar-refractivity contribution in [2.45, 2.75) is 6.43 Å². The van der Waals surface area contributed by atoms with E-state index in [4.69, 9.17) is 10.5 Å². The molecule has 2 heterocycles. The fraction of sp³-hybridized carbons (Fsp3) is 0.250. The first kappa shape index (κ1) is 9.63. The third-order valence-electron chi connectivity index (χ3n) is 1.71. The lowest BCUT2D eigenvalue weighted by Crippen LogP contribution is -2.10. The molecule has 0 aromatic carbocycles. The number of anilines is 1. The van der Waals surface area contributed by atoms with Crippen LogP contribution in [0.5, 0.6) is 5.88 Å². The molecule has 0 aliphatic rings. The Morgan fingerprint density at radius 1 is 1.53 bits per heavy atom. The van der Waals surface area contributed by atoms with E-state index in [1.165, 1.54) is 12.4 Å². The molecule has 0 bridgehead atoms. The molecule has 2 aromatic heterocycles. The Bertz CT molecular complexity index is 471. The standard InChI is InChI=1S/C8H8F2N4O/c9-5(10)4-15-8-7-12-1-2-14(7)3-6(11)13-8/h1-3,5H,4,11H2. The van der Waals surface area contributed by atoms with Crippen LogP contribution in [0.25, 0.3) is 5.65 Å². The van der Waals surface area contributed by atoms with Crippen LogP contribution in [0.1, 0.15) is 0 Å². The molecule has 0 spiro atoms. The van der Waals surface area contributed by atoms with Gasteiger partial charge in [-0.2, -0.15) is 4.98 Å². The van der Waals surface area contributed by atoms with Crippen LogP contribution in [0.4, 0.5) is 14.6 Å². The summed E-state index contributed by atoms with van der Waals surface area (Å²) >= 11 is 0. The second-order valence-electron chi connectivity index (χ2n) is 2.83. The Balaban J connectivity index is 2.35. The summed E-state index contributed by atoms with van der Waals surface area (Å²) in [5.41, 5.74) is 5.83. The smallest absolute Gasteiger partial charge is 0.272 e. The van der Waals surface area contributed by atoms with Gasteiger partial charge in [0, 0.05) is 12.4 Å². The molecule has 0 atom stereocenters. The minimum absolute atomic E-state index is 0.0142. The predicted molar refractivity (Wildman–Crippen MR) is 48.9 cm³/mol. The van der Waals surface area contributed by atoms with Crippen LogP contribution >= 0.6 is 0 Å². The number of alkyl halides is 2. The zero-order chi connectivity index (χ0) is 10.8. The monoisotopic (exact) mass is 214 g/mol. The molecule has 0 radical (unpaired) electrons. The number of hydrogen-bond donors (Lipinski definition) is 1. The van der Waals surface area contributed by atoms with Crippen LogP contribution in [0.15, 0.2) is 18.6 Å².